The maximum Gasteiger partial charge on any atom is 0.387 e. The van der Waals surface area contributed by atoms with Gasteiger partial charge in [-0.05, 0) is 45.8 Å². The highest BCUT2D eigenvalue weighted by Gasteiger charge is 2.22. The molecule has 0 aliphatic heterocycles. The van der Waals surface area contributed by atoms with Gasteiger partial charge in [-0.25, -0.2) is 0 Å². The molecule has 0 spiro atoms. The van der Waals surface area contributed by atoms with Gasteiger partial charge in [0, 0.05) is 23.4 Å². The summed E-state index contributed by atoms with van der Waals surface area (Å²) in [6, 6.07) is 6.51. The number of ether oxygens (including phenoxy) is 1. The summed E-state index contributed by atoms with van der Waals surface area (Å²) in [4.78, 5) is 16.6. The van der Waals surface area contributed by atoms with Crippen LogP contribution in [0.15, 0.2) is 41.1 Å². The Morgan fingerprint density at radius 3 is 2.72 bits per heavy atom. The third kappa shape index (κ3) is 3.91. The topological polar surface area (TPSA) is 51.2 Å². The van der Waals surface area contributed by atoms with Crippen molar-refractivity contribution in [2.75, 3.05) is 0 Å². The average molecular weight is 448 g/mol. The molecule has 25 heavy (non-hydrogen) atoms. The number of halogens is 4. The zero-order valence-corrected chi connectivity index (χ0v) is 15.6. The number of hydrogen-bond donors (Lipinski definition) is 1. The number of carbonyl (C=O) groups excluding carboxylic acids is 1. The number of fused-ring (bicyclic) bond motifs is 1. The maximum atomic E-state index is 12.6. The number of aromatic nitrogens is 1. The van der Waals surface area contributed by atoms with Gasteiger partial charge in [0.15, 0.2) is 0 Å². The highest BCUT2D eigenvalue weighted by molar-refractivity contribution is 9.10. The minimum atomic E-state index is -2.98. The van der Waals surface area contributed by atoms with Crippen LogP contribution in [0.1, 0.15) is 15.2 Å². The molecular formula is C16H10BrClF2N2O2S. The summed E-state index contributed by atoms with van der Waals surface area (Å²) in [6.07, 6.45) is 3.25. The summed E-state index contributed by atoms with van der Waals surface area (Å²) in [7, 11) is 0. The zero-order chi connectivity index (χ0) is 18.0. The first-order chi connectivity index (χ1) is 12.0. The highest BCUT2D eigenvalue weighted by Crippen LogP contribution is 2.44. The molecule has 1 aromatic carbocycles. The third-order valence-corrected chi connectivity index (χ3v) is 5.95. The zero-order valence-electron chi connectivity index (χ0n) is 12.4. The number of thiophene rings is 1. The SMILES string of the molecule is O=C(NCc1ccncc1)c1sc2c(Br)ccc(OC(F)F)c2c1Cl. The lowest BCUT2D eigenvalue weighted by Gasteiger charge is -2.07. The largest absolute Gasteiger partial charge is 0.434 e. The van der Waals surface area contributed by atoms with Crippen LogP contribution in [-0.4, -0.2) is 17.5 Å². The van der Waals surface area contributed by atoms with Crippen molar-refractivity contribution in [1.29, 1.82) is 0 Å². The smallest absolute Gasteiger partial charge is 0.387 e. The molecule has 0 aliphatic carbocycles. The minimum Gasteiger partial charge on any atom is -0.434 e. The molecule has 2 aromatic heterocycles. The molecule has 3 rings (SSSR count). The Labute approximate surface area is 158 Å². The number of rotatable bonds is 5. The van der Waals surface area contributed by atoms with E-state index in [2.05, 4.69) is 31.0 Å². The van der Waals surface area contributed by atoms with E-state index in [4.69, 9.17) is 11.6 Å². The highest BCUT2D eigenvalue weighted by atomic mass is 79.9. The molecule has 0 unspecified atom stereocenters. The van der Waals surface area contributed by atoms with Crippen molar-refractivity contribution in [3.05, 3.63) is 56.6 Å². The Morgan fingerprint density at radius 1 is 1.32 bits per heavy atom. The quantitative estimate of drug-likeness (QED) is 0.582. The van der Waals surface area contributed by atoms with Crippen LogP contribution in [0, 0.1) is 0 Å². The fourth-order valence-electron chi connectivity index (χ4n) is 2.21. The predicted molar refractivity (Wildman–Crippen MR) is 96.6 cm³/mol. The monoisotopic (exact) mass is 446 g/mol. The normalized spacial score (nSPS) is 11.1. The first kappa shape index (κ1) is 18.0. The first-order valence-electron chi connectivity index (χ1n) is 6.99. The van der Waals surface area contributed by atoms with Crippen molar-refractivity contribution >= 4 is 54.9 Å². The van der Waals surface area contributed by atoms with Crippen molar-refractivity contribution < 1.29 is 18.3 Å². The molecule has 0 saturated carbocycles. The second kappa shape index (κ2) is 7.63. The van der Waals surface area contributed by atoms with Crippen LogP contribution in [0.4, 0.5) is 8.78 Å². The summed E-state index contributed by atoms with van der Waals surface area (Å²) in [6.45, 7) is -2.68. The fraction of sp³-hybridized carbons (Fsp3) is 0.125. The predicted octanol–water partition coefficient (Wildman–Crippen LogP) is 5.24. The van der Waals surface area contributed by atoms with Gasteiger partial charge in [-0.2, -0.15) is 8.78 Å². The Morgan fingerprint density at radius 2 is 2.04 bits per heavy atom. The summed E-state index contributed by atoms with van der Waals surface area (Å²) >= 11 is 10.7. The number of nitrogens with one attached hydrogen (secondary N) is 1. The molecule has 0 bridgehead atoms. The maximum absolute atomic E-state index is 12.6. The number of pyridine rings is 1. The van der Waals surface area contributed by atoms with E-state index in [1.807, 2.05) is 0 Å². The van der Waals surface area contributed by atoms with Gasteiger partial charge in [0.1, 0.15) is 10.6 Å². The van der Waals surface area contributed by atoms with Crippen LogP contribution in [0.25, 0.3) is 10.1 Å². The van der Waals surface area contributed by atoms with Gasteiger partial charge in [-0.1, -0.05) is 11.6 Å². The molecular weight excluding hydrogens is 438 g/mol. The molecule has 0 radical (unpaired) electrons. The molecule has 0 atom stereocenters. The summed E-state index contributed by atoms with van der Waals surface area (Å²) in [5.41, 5.74) is 0.878. The van der Waals surface area contributed by atoms with Crippen molar-refractivity contribution in [2.45, 2.75) is 13.2 Å². The van der Waals surface area contributed by atoms with Crippen molar-refractivity contribution in [3.8, 4) is 5.75 Å². The molecule has 9 heteroatoms. The van der Waals surface area contributed by atoms with Gasteiger partial charge < -0.3 is 10.1 Å². The van der Waals surface area contributed by atoms with Gasteiger partial charge in [-0.15, -0.1) is 11.3 Å². The van der Waals surface area contributed by atoms with E-state index in [1.54, 1.807) is 30.6 Å². The van der Waals surface area contributed by atoms with Crippen LogP contribution < -0.4 is 10.1 Å². The number of hydrogen-bond acceptors (Lipinski definition) is 4. The van der Waals surface area contributed by atoms with Gasteiger partial charge in [0.25, 0.3) is 5.91 Å². The fourth-order valence-corrected chi connectivity index (χ4v) is 4.26. The van der Waals surface area contributed by atoms with E-state index in [-0.39, 0.29) is 21.0 Å². The van der Waals surface area contributed by atoms with E-state index >= 15 is 0 Å². The Balaban J connectivity index is 1.92. The Hall–Kier alpha value is -1.77. The lowest BCUT2D eigenvalue weighted by Crippen LogP contribution is -2.22. The molecule has 3 aromatic rings. The molecule has 2 heterocycles. The number of benzene rings is 1. The minimum absolute atomic E-state index is 0.0670. The van der Waals surface area contributed by atoms with E-state index in [0.29, 0.717) is 15.7 Å². The molecule has 0 fully saturated rings. The van der Waals surface area contributed by atoms with Gasteiger partial charge in [0.2, 0.25) is 0 Å². The summed E-state index contributed by atoms with van der Waals surface area (Å²) in [5.74, 6) is -0.458. The average Bonchev–Trinajstić information content (AvgIpc) is 2.95. The summed E-state index contributed by atoms with van der Waals surface area (Å²) in [5, 5.41) is 3.13. The standard InChI is InChI=1S/C16H10BrClF2N2O2S/c17-9-1-2-10(24-16(19)20)11-12(18)14(25-13(9)11)15(23)22-7-8-3-5-21-6-4-8/h1-6,16H,7H2,(H,22,23). The van der Waals surface area contributed by atoms with Crippen LogP contribution in [0.5, 0.6) is 5.75 Å². The van der Waals surface area contributed by atoms with E-state index in [1.165, 1.54) is 6.07 Å². The van der Waals surface area contributed by atoms with E-state index in [9.17, 15) is 13.6 Å². The van der Waals surface area contributed by atoms with E-state index < -0.39 is 12.5 Å². The first-order valence-corrected chi connectivity index (χ1v) is 8.98. The molecule has 1 amide bonds. The van der Waals surface area contributed by atoms with Crippen molar-refractivity contribution in [2.24, 2.45) is 0 Å². The second-order valence-corrected chi connectivity index (χ2v) is 7.16. The van der Waals surface area contributed by atoms with Crippen LogP contribution in [-0.2, 0) is 6.54 Å². The molecule has 1 N–H and O–H groups in total. The van der Waals surface area contributed by atoms with Gasteiger partial charge in [0.05, 0.1) is 15.1 Å². The van der Waals surface area contributed by atoms with Crippen LogP contribution >= 0.6 is 38.9 Å². The number of nitrogens with zero attached hydrogens (tertiary/aromatic N) is 1. The van der Waals surface area contributed by atoms with Crippen molar-refractivity contribution in [3.63, 3.8) is 0 Å². The molecule has 0 saturated heterocycles. The second-order valence-electron chi connectivity index (χ2n) is 4.91. The van der Waals surface area contributed by atoms with Crippen LogP contribution in [0.3, 0.4) is 0 Å². The Kier molecular flexibility index (Phi) is 5.51. The Bertz CT molecular complexity index is 921. The van der Waals surface area contributed by atoms with Gasteiger partial charge in [-0.3, -0.25) is 9.78 Å². The van der Waals surface area contributed by atoms with Crippen molar-refractivity contribution in [1.82, 2.24) is 10.3 Å². The summed E-state index contributed by atoms with van der Waals surface area (Å²) < 4.78 is 30.9. The molecule has 0 aliphatic rings. The third-order valence-electron chi connectivity index (χ3n) is 3.32. The number of alkyl halides is 2. The van der Waals surface area contributed by atoms with Crippen LogP contribution in [0.2, 0.25) is 5.02 Å². The lowest BCUT2D eigenvalue weighted by molar-refractivity contribution is -0.0487. The number of carbonyl (C=O) groups is 1. The van der Waals surface area contributed by atoms with E-state index in [0.717, 1.165) is 16.9 Å². The van der Waals surface area contributed by atoms with Gasteiger partial charge >= 0.3 is 6.61 Å². The molecule has 4 nitrogen and oxygen atoms in total. The lowest BCUT2D eigenvalue weighted by atomic mass is 10.2. The number of amides is 1. The molecule has 130 valence electrons.